The molecule has 0 spiro atoms. The lowest BCUT2D eigenvalue weighted by Crippen LogP contribution is -2.52. The van der Waals surface area contributed by atoms with Gasteiger partial charge in [-0.15, -0.1) is 0 Å². The van der Waals surface area contributed by atoms with E-state index in [0.717, 1.165) is 4.47 Å². The third-order valence-corrected chi connectivity index (χ3v) is 4.34. The van der Waals surface area contributed by atoms with E-state index in [0.29, 0.717) is 44.0 Å². The minimum Gasteiger partial charge on any atom is -0.497 e. The first kappa shape index (κ1) is 16.8. The highest BCUT2D eigenvalue weighted by atomic mass is 79.9. The van der Waals surface area contributed by atoms with Gasteiger partial charge in [-0.3, -0.25) is 9.59 Å². The number of amides is 2. The van der Waals surface area contributed by atoms with E-state index in [4.69, 9.17) is 4.74 Å². The summed E-state index contributed by atoms with van der Waals surface area (Å²) in [5.74, 6) is 0.665. The number of piperazine rings is 1. The number of benzene rings is 1. The van der Waals surface area contributed by atoms with Crippen molar-refractivity contribution < 1.29 is 14.3 Å². The molecule has 0 atom stereocenters. The minimum atomic E-state index is -0.0495. The molecule has 1 aromatic carbocycles. The zero-order valence-corrected chi connectivity index (χ0v) is 14.4. The SMILES string of the molecule is CNCC(=O)N1CCN(C(=O)c2cc(OC)ccc2Br)CC1. The largest absolute Gasteiger partial charge is 0.497 e. The van der Waals surface area contributed by atoms with Gasteiger partial charge in [-0.2, -0.15) is 0 Å². The molecule has 0 saturated carbocycles. The maximum Gasteiger partial charge on any atom is 0.255 e. The van der Waals surface area contributed by atoms with E-state index in [1.54, 1.807) is 42.2 Å². The van der Waals surface area contributed by atoms with Crippen LogP contribution in [0.5, 0.6) is 5.75 Å². The minimum absolute atomic E-state index is 0.0495. The summed E-state index contributed by atoms with van der Waals surface area (Å²) in [7, 11) is 3.32. The van der Waals surface area contributed by atoms with Crippen LogP contribution in [0.25, 0.3) is 0 Å². The summed E-state index contributed by atoms with van der Waals surface area (Å²) >= 11 is 3.41. The molecule has 22 heavy (non-hydrogen) atoms. The predicted molar refractivity (Wildman–Crippen MR) is 87.1 cm³/mol. The van der Waals surface area contributed by atoms with Gasteiger partial charge in [0, 0.05) is 30.7 Å². The molecule has 120 valence electrons. The molecule has 0 aliphatic carbocycles. The maximum absolute atomic E-state index is 12.6. The van der Waals surface area contributed by atoms with Gasteiger partial charge in [-0.05, 0) is 41.2 Å². The Morgan fingerprint density at radius 1 is 1.23 bits per heavy atom. The third kappa shape index (κ3) is 3.78. The van der Waals surface area contributed by atoms with E-state index in [1.807, 2.05) is 0 Å². The number of rotatable bonds is 4. The Labute approximate surface area is 138 Å². The molecule has 0 radical (unpaired) electrons. The molecule has 1 fully saturated rings. The normalized spacial score (nSPS) is 14.9. The van der Waals surface area contributed by atoms with Crippen molar-refractivity contribution in [2.45, 2.75) is 0 Å². The Morgan fingerprint density at radius 2 is 1.86 bits per heavy atom. The Kier molecular flexibility index (Phi) is 5.79. The predicted octanol–water partition coefficient (Wildman–Crippen LogP) is 0.962. The average Bonchev–Trinajstić information content (AvgIpc) is 2.55. The molecule has 7 heteroatoms. The lowest BCUT2D eigenvalue weighted by molar-refractivity contribution is -0.131. The van der Waals surface area contributed by atoms with Crippen LogP contribution in [-0.4, -0.2) is 68.5 Å². The highest BCUT2D eigenvalue weighted by molar-refractivity contribution is 9.10. The Hall–Kier alpha value is -1.60. The first-order chi connectivity index (χ1) is 10.6. The summed E-state index contributed by atoms with van der Waals surface area (Å²) in [6, 6.07) is 5.33. The molecule has 1 aromatic rings. The molecule has 1 heterocycles. The molecular formula is C15H20BrN3O3. The van der Waals surface area contributed by atoms with Crippen molar-refractivity contribution in [3.8, 4) is 5.75 Å². The van der Waals surface area contributed by atoms with Crippen LogP contribution in [-0.2, 0) is 4.79 Å². The summed E-state index contributed by atoms with van der Waals surface area (Å²) in [5.41, 5.74) is 0.578. The number of hydrogen-bond acceptors (Lipinski definition) is 4. The van der Waals surface area contributed by atoms with E-state index in [1.165, 1.54) is 0 Å². The summed E-state index contributed by atoms with van der Waals surface area (Å²) in [4.78, 5) is 28.0. The van der Waals surface area contributed by atoms with Crippen molar-refractivity contribution in [1.29, 1.82) is 0 Å². The van der Waals surface area contributed by atoms with Gasteiger partial charge in [0.2, 0.25) is 5.91 Å². The van der Waals surface area contributed by atoms with Crippen LogP contribution < -0.4 is 10.1 Å². The zero-order valence-electron chi connectivity index (χ0n) is 12.8. The summed E-state index contributed by atoms with van der Waals surface area (Å²) in [5, 5.41) is 2.85. The van der Waals surface area contributed by atoms with Crippen LogP contribution in [0, 0.1) is 0 Å². The Balaban J connectivity index is 2.02. The number of carbonyl (C=O) groups is 2. The van der Waals surface area contributed by atoms with Crippen LogP contribution in [0.2, 0.25) is 0 Å². The van der Waals surface area contributed by atoms with Crippen molar-refractivity contribution in [2.24, 2.45) is 0 Å². The molecule has 1 saturated heterocycles. The smallest absolute Gasteiger partial charge is 0.255 e. The van der Waals surface area contributed by atoms with E-state index < -0.39 is 0 Å². The molecular weight excluding hydrogens is 350 g/mol. The van der Waals surface area contributed by atoms with Gasteiger partial charge in [0.15, 0.2) is 0 Å². The first-order valence-corrected chi connectivity index (χ1v) is 7.91. The van der Waals surface area contributed by atoms with Crippen molar-refractivity contribution in [3.05, 3.63) is 28.2 Å². The molecule has 2 rings (SSSR count). The Bertz CT molecular complexity index is 557. The van der Waals surface area contributed by atoms with Gasteiger partial charge in [0.05, 0.1) is 19.2 Å². The number of nitrogens with one attached hydrogen (secondary N) is 1. The van der Waals surface area contributed by atoms with Gasteiger partial charge in [0.1, 0.15) is 5.75 Å². The van der Waals surface area contributed by atoms with E-state index >= 15 is 0 Å². The van der Waals surface area contributed by atoms with Gasteiger partial charge >= 0.3 is 0 Å². The van der Waals surface area contributed by atoms with E-state index in [9.17, 15) is 9.59 Å². The van der Waals surface area contributed by atoms with Crippen molar-refractivity contribution in [3.63, 3.8) is 0 Å². The molecule has 1 N–H and O–H groups in total. The maximum atomic E-state index is 12.6. The van der Waals surface area contributed by atoms with Crippen LogP contribution in [0.1, 0.15) is 10.4 Å². The summed E-state index contributed by atoms with van der Waals surface area (Å²) < 4.78 is 5.91. The quantitative estimate of drug-likeness (QED) is 0.858. The number of methoxy groups -OCH3 is 1. The van der Waals surface area contributed by atoms with Crippen molar-refractivity contribution >= 4 is 27.7 Å². The van der Waals surface area contributed by atoms with Crippen molar-refractivity contribution in [1.82, 2.24) is 15.1 Å². The van der Waals surface area contributed by atoms with Gasteiger partial charge in [-0.25, -0.2) is 0 Å². The van der Waals surface area contributed by atoms with Crippen LogP contribution >= 0.6 is 15.9 Å². The molecule has 0 aromatic heterocycles. The van der Waals surface area contributed by atoms with Crippen LogP contribution in [0.3, 0.4) is 0 Å². The highest BCUT2D eigenvalue weighted by Gasteiger charge is 2.25. The fourth-order valence-corrected chi connectivity index (χ4v) is 2.80. The first-order valence-electron chi connectivity index (χ1n) is 7.12. The van der Waals surface area contributed by atoms with E-state index in [2.05, 4.69) is 21.2 Å². The number of carbonyl (C=O) groups excluding carboxylic acids is 2. The number of ether oxygens (including phenoxy) is 1. The number of nitrogens with zero attached hydrogens (tertiary/aromatic N) is 2. The lowest BCUT2D eigenvalue weighted by atomic mass is 10.1. The topological polar surface area (TPSA) is 61.9 Å². The number of likely N-dealkylation sites (N-methyl/N-ethyl adjacent to an activating group) is 1. The van der Waals surface area contributed by atoms with Gasteiger partial charge in [-0.1, -0.05) is 0 Å². The summed E-state index contributed by atoms with van der Waals surface area (Å²) in [6.45, 7) is 2.53. The lowest BCUT2D eigenvalue weighted by Gasteiger charge is -2.35. The summed E-state index contributed by atoms with van der Waals surface area (Å²) in [6.07, 6.45) is 0. The van der Waals surface area contributed by atoms with Crippen molar-refractivity contribution in [2.75, 3.05) is 46.9 Å². The molecule has 0 unspecified atom stereocenters. The fraction of sp³-hybridized carbons (Fsp3) is 0.467. The molecule has 2 amide bonds. The standard InChI is InChI=1S/C15H20BrN3O3/c1-17-10-14(20)18-5-7-19(8-6-18)15(21)12-9-11(22-2)3-4-13(12)16/h3-4,9,17H,5-8,10H2,1-2H3. The second-order valence-electron chi connectivity index (χ2n) is 5.05. The zero-order chi connectivity index (χ0) is 16.1. The second kappa shape index (κ2) is 7.60. The van der Waals surface area contributed by atoms with E-state index in [-0.39, 0.29) is 11.8 Å². The highest BCUT2D eigenvalue weighted by Crippen LogP contribution is 2.24. The fourth-order valence-electron chi connectivity index (χ4n) is 2.39. The number of halogens is 1. The molecule has 0 bridgehead atoms. The second-order valence-corrected chi connectivity index (χ2v) is 5.90. The number of hydrogen-bond donors (Lipinski definition) is 1. The monoisotopic (exact) mass is 369 g/mol. The van der Waals surface area contributed by atoms with Gasteiger partial charge in [0.25, 0.3) is 5.91 Å². The van der Waals surface area contributed by atoms with Crippen LogP contribution in [0.4, 0.5) is 0 Å². The molecule has 6 nitrogen and oxygen atoms in total. The van der Waals surface area contributed by atoms with Crippen LogP contribution in [0.15, 0.2) is 22.7 Å². The van der Waals surface area contributed by atoms with Gasteiger partial charge < -0.3 is 19.9 Å². The molecule has 1 aliphatic heterocycles. The molecule has 1 aliphatic rings. The third-order valence-electron chi connectivity index (χ3n) is 3.65. The average molecular weight is 370 g/mol. The Morgan fingerprint density at radius 3 is 2.45 bits per heavy atom.